The number of piperidine rings is 1. The highest BCUT2D eigenvalue weighted by Gasteiger charge is 2.44. The molecule has 3 heteroatoms. The van der Waals surface area contributed by atoms with Crippen LogP contribution in [0.15, 0.2) is 0 Å². The third kappa shape index (κ3) is 1.80. The van der Waals surface area contributed by atoms with Gasteiger partial charge in [-0.3, -0.25) is 9.69 Å². The maximum atomic E-state index is 11.5. The Kier molecular flexibility index (Phi) is 2.55. The van der Waals surface area contributed by atoms with Gasteiger partial charge in [-0.15, -0.1) is 0 Å². The van der Waals surface area contributed by atoms with Crippen LogP contribution in [0.5, 0.6) is 0 Å². The van der Waals surface area contributed by atoms with Gasteiger partial charge in [-0.05, 0) is 32.6 Å². The molecule has 3 unspecified atom stereocenters. The van der Waals surface area contributed by atoms with Gasteiger partial charge >= 0.3 is 0 Å². The molecule has 3 aliphatic heterocycles. The van der Waals surface area contributed by atoms with Gasteiger partial charge in [-0.1, -0.05) is 0 Å². The summed E-state index contributed by atoms with van der Waals surface area (Å²) in [6.45, 7) is 4.18. The van der Waals surface area contributed by atoms with Crippen molar-refractivity contribution in [3.8, 4) is 0 Å². The van der Waals surface area contributed by atoms with Crippen LogP contribution in [0.25, 0.3) is 0 Å². The highest BCUT2D eigenvalue weighted by molar-refractivity contribution is 5.80. The predicted octanol–water partition coefficient (Wildman–Crippen LogP) is 1.75. The largest absolute Gasteiger partial charge is 0.374 e. The average molecular weight is 223 g/mol. The van der Waals surface area contributed by atoms with E-state index in [4.69, 9.17) is 4.74 Å². The fourth-order valence-corrected chi connectivity index (χ4v) is 3.67. The Labute approximate surface area is 97.1 Å². The normalized spacial score (nSPS) is 44.2. The molecule has 3 fully saturated rings. The van der Waals surface area contributed by atoms with Crippen LogP contribution >= 0.6 is 0 Å². The van der Waals surface area contributed by atoms with E-state index in [9.17, 15) is 4.79 Å². The third-order valence-corrected chi connectivity index (χ3v) is 4.52. The van der Waals surface area contributed by atoms with E-state index >= 15 is 0 Å². The minimum absolute atomic E-state index is 0.0568. The smallest absolute Gasteiger partial charge is 0.136 e. The summed E-state index contributed by atoms with van der Waals surface area (Å²) >= 11 is 0. The first-order chi connectivity index (χ1) is 7.66. The van der Waals surface area contributed by atoms with E-state index in [2.05, 4.69) is 11.8 Å². The maximum Gasteiger partial charge on any atom is 0.136 e. The number of ketones is 1. The highest BCUT2D eigenvalue weighted by Crippen LogP contribution is 2.37. The van der Waals surface area contributed by atoms with Crippen molar-refractivity contribution in [3.63, 3.8) is 0 Å². The van der Waals surface area contributed by atoms with Crippen molar-refractivity contribution >= 4 is 5.78 Å². The molecule has 3 aliphatic rings. The number of nitrogens with zero attached hydrogens (tertiary/aromatic N) is 1. The molecule has 3 atom stereocenters. The molecule has 90 valence electrons. The summed E-state index contributed by atoms with van der Waals surface area (Å²) in [5.41, 5.74) is 0.0568. The van der Waals surface area contributed by atoms with Gasteiger partial charge in [-0.2, -0.15) is 0 Å². The Morgan fingerprint density at radius 2 is 2.06 bits per heavy atom. The van der Waals surface area contributed by atoms with E-state index in [1.165, 1.54) is 25.7 Å². The summed E-state index contributed by atoms with van der Waals surface area (Å²) in [5, 5.41) is 0. The number of hydrogen-bond donors (Lipinski definition) is 0. The molecule has 0 saturated carbocycles. The van der Waals surface area contributed by atoms with Gasteiger partial charge in [0.2, 0.25) is 0 Å². The molecule has 0 radical (unpaired) electrons. The Bertz CT molecular complexity index is 280. The molecule has 0 N–H and O–H groups in total. The Balaban J connectivity index is 1.69. The van der Waals surface area contributed by atoms with Crippen LogP contribution in [-0.4, -0.2) is 41.5 Å². The highest BCUT2D eigenvalue weighted by atomic mass is 16.5. The van der Waals surface area contributed by atoms with Crippen LogP contribution in [0.1, 0.15) is 45.4 Å². The summed E-state index contributed by atoms with van der Waals surface area (Å²) in [6.07, 6.45) is 6.37. The van der Waals surface area contributed by atoms with Crippen LogP contribution in [0.4, 0.5) is 0 Å². The molecule has 3 saturated heterocycles. The summed E-state index contributed by atoms with van der Waals surface area (Å²) in [5.74, 6) is 0.473. The number of fused-ring (bicyclic) bond motifs is 2. The second-order valence-corrected chi connectivity index (χ2v) is 5.91. The van der Waals surface area contributed by atoms with Crippen molar-refractivity contribution in [1.29, 1.82) is 0 Å². The number of rotatable bonds is 2. The SMILES string of the molecule is CC1(CN2C3CCC2CC(=O)C3)CCCO1. The third-order valence-electron chi connectivity index (χ3n) is 4.52. The lowest BCUT2D eigenvalue weighted by atomic mass is 9.96. The van der Waals surface area contributed by atoms with Crippen LogP contribution < -0.4 is 0 Å². The molecular weight excluding hydrogens is 202 g/mol. The molecule has 0 aromatic heterocycles. The molecule has 3 heterocycles. The standard InChI is InChI=1S/C13H21NO2/c1-13(5-2-6-16-13)9-14-10-3-4-11(14)8-12(15)7-10/h10-11H,2-9H2,1H3. The van der Waals surface area contributed by atoms with Crippen molar-refractivity contribution in [2.24, 2.45) is 0 Å². The van der Waals surface area contributed by atoms with Crippen LogP contribution in [0.3, 0.4) is 0 Å². The van der Waals surface area contributed by atoms with Crippen LogP contribution in [0.2, 0.25) is 0 Å². The topological polar surface area (TPSA) is 29.5 Å². The van der Waals surface area contributed by atoms with Gasteiger partial charge in [0.05, 0.1) is 5.60 Å². The number of carbonyl (C=O) groups excluding carboxylic acids is 1. The first-order valence-electron chi connectivity index (χ1n) is 6.58. The Hall–Kier alpha value is -0.410. The fourth-order valence-electron chi connectivity index (χ4n) is 3.67. The zero-order chi connectivity index (χ0) is 11.2. The van der Waals surface area contributed by atoms with E-state index < -0.39 is 0 Å². The summed E-state index contributed by atoms with van der Waals surface area (Å²) in [7, 11) is 0. The second kappa shape index (κ2) is 3.81. The predicted molar refractivity (Wildman–Crippen MR) is 61.3 cm³/mol. The van der Waals surface area contributed by atoms with Crippen molar-refractivity contribution in [3.05, 3.63) is 0 Å². The van der Waals surface area contributed by atoms with Gasteiger partial charge in [0.1, 0.15) is 5.78 Å². The second-order valence-electron chi connectivity index (χ2n) is 5.91. The molecule has 0 spiro atoms. The van der Waals surface area contributed by atoms with Crippen molar-refractivity contribution in [1.82, 2.24) is 4.90 Å². The minimum Gasteiger partial charge on any atom is -0.374 e. The van der Waals surface area contributed by atoms with E-state index in [1.54, 1.807) is 0 Å². The van der Waals surface area contributed by atoms with E-state index in [0.29, 0.717) is 17.9 Å². The van der Waals surface area contributed by atoms with Gasteiger partial charge in [0, 0.05) is 38.1 Å². The fraction of sp³-hybridized carbons (Fsp3) is 0.923. The summed E-state index contributed by atoms with van der Waals surface area (Å²) < 4.78 is 5.87. The lowest BCUT2D eigenvalue weighted by Gasteiger charge is -2.39. The van der Waals surface area contributed by atoms with Crippen molar-refractivity contribution in [2.45, 2.75) is 63.1 Å². The Morgan fingerprint density at radius 1 is 1.38 bits per heavy atom. The van der Waals surface area contributed by atoms with Gasteiger partial charge in [0.15, 0.2) is 0 Å². The quantitative estimate of drug-likeness (QED) is 0.714. The molecular formula is C13H21NO2. The molecule has 2 bridgehead atoms. The van der Waals surface area contributed by atoms with Gasteiger partial charge in [-0.25, -0.2) is 0 Å². The zero-order valence-electron chi connectivity index (χ0n) is 10.1. The maximum absolute atomic E-state index is 11.5. The molecule has 3 rings (SSSR count). The lowest BCUT2D eigenvalue weighted by molar-refractivity contribution is -0.125. The number of hydrogen-bond acceptors (Lipinski definition) is 3. The number of ether oxygens (including phenoxy) is 1. The number of Topliss-reactive ketones (excluding diaryl/α,β-unsaturated/α-hetero) is 1. The van der Waals surface area contributed by atoms with Crippen LogP contribution in [0, 0.1) is 0 Å². The van der Waals surface area contributed by atoms with E-state index in [1.807, 2.05) is 0 Å². The summed E-state index contributed by atoms with van der Waals surface area (Å²) in [4.78, 5) is 14.1. The van der Waals surface area contributed by atoms with Crippen molar-refractivity contribution in [2.75, 3.05) is 13.2 Å². The molecule has 3 nitrogen and oxygen atoms in total. The molecule has 0 aliphatic carbocycles. The van der Waals surface area contributed by atoms with Gasteiger partial charge in [0.25, 0.3) is 0 Å². The molecule has 0 amide bonds. The Morgan fingerprint density at radius 3 is 2.62 bits per heavy atom. The molecule has 16 heavy (non-hydrogen) atoms. The monoisotopic (exact) mass is 223 g/mol. The average Bonchev–Trinajstić information content (AvgIpc) is 2.72. The van der Waals surface area contributed by atoms with Crippen molar-refractivity contribution < 1.29 is 9.53 Å². The van der Waals surface area contributed by atoms with Gasteiger partial charge < -0.3 is 4.74 Å². The first kappa shape index (κ1) is 10.7. The lowest BCUT2D eigenvalue weighted by Crippen LogP contribution is -2.50. The first-order valence-corrected chi connectivity index (χ1v) is 6.58. The molecule has 0 aromatic carbocycles. The van der Waals surface area contributed by atoms with E-state index in [-0.39, 0.29) is 5.60 Å². The van der Waals surface area contributed by atoms with E-state index in [0.717, 1.165) is 26.0 Å². The minimum atomic E-state index is 0.0568. The zero-order valence-corrected chi connectivity index (χ0v) is 10.1. The molecule has 0 aromatic rings. The number of carbonyl (C=O) groups is 1. The van der Waals surface area contributed by atoms with Crippen LogP contribution in [-0.2, 0) is 9.53 Å². The summed E-state index contributed by atoms with van der Waals surface area (Å²) in [6, 6.07) is 1.04.